The van der Waals surface area contributed by atoms with Crippen LogP contribution in [0.1, 0.15) is 12.5 Å². The minimum atomic E-state index is 0.424. The van der Waals surface area contributed by atoms with Crippen LogP contribution >= 0.6 is 11.6 Å². The predicted octanol–water partition coefficient (Wildman–Crippen LogP) is 3.36. The van der Waals surface area contributed by atoms with E-state index in [1.807, 2.05) is 18.2 Å². The summed E-state index contributed by atoms with van der Waals surface area (Å²) in [6.45, 7) is 2.13. The first-order chi connectivity index (χ1) is 7.31. The zero-order valence-corrected chi connectivity index (χ0v) is 9.20. The van der Waals surface area contributed by atoms with Crippen LogP contribution in [0.5, 0.6) is 0 Å². The highest BCUT2D eigenvalue weighted by molar-refractivity contribution is 6.29. The van der Waals surface area contributed by atoms with Crippen LogP contribution in [-0.4, -0.2) is 10.2 Å². The Morgan fingerprint density at radius 1 is 1.07 bits per heavy atom. The number of hydrogen-bond donors (Lipinski definition) is 0. The van der Waals surface area contributed by atoms with E-state index in [-0.39, 0.29) is 0 Å². The Bertz CT molecular complexity index is 451. The van der Waals surface area contributed by atoms with E-state index in [9.17, 15) is 0 Å². The van der Waals surface area contributed by atoms with Gasteiger partial charge in [0.15, 0.2) is 5.15 Å². The van der Waals surface area contributed by atoms with Crippen LogP contribution in [0, 0.1) is 0 Å². The summed E-state index contributed by atoms with van der Waals surface area (Å²) >= 11 is 5.70. The highest BCUT2D eigenvalue weighted by Gasteiger charge is 2.04. The van der Waals surface area contributed by atoms with Crippen LogP contribution in [0.4, 0.5) is 0 Å². The van der Waals surface area contributed by atoms with Crippen molar-refractivity contribution in [1.29, 1.82) is 0 Å². The third-order valence-corrected chi connectivity index (χ3v) is 2.51. The van der Waals surface area contributed by atoms with Gasteiger partial charge in [0, 0.05) is 5.56 Å². The fourth-order valence-corrected chi connectivity index (χ4v) is 1.64. The van der Waals surface area contributed by atoms with Gasteiger partial charge in [0.1, 0.15) is 0 Å². The smallest absolute Gasteiger partial charge is 0.149 e. The van der Waals surface area contributed by atoms with E-state index in [2.05, 4.69) is 29.3 Å². The van der Waals surface area contributed by atoms with Gasteiger partial charge in [-0.3, -0.25) is 0 Å². The van der Waals surface area contributed by atoms with Gasteiger partial charge in [-0.15, -0.1) is 10.2 Å². The van der Waals surface area contributed by atoms with E-state index in [0.717, 1.165) is 17.7 Å². The SMILES string of the molecule is CCc1ccccc1-c1ccc(Cl)nn1. The first kappa shape index (κ1) is 10.1. The molecule has 2 aromatic rings. The summed E-state index contributed by atoms with van der Waals surface area (Å²) in [5.41, 5.74) is 3.27. The van der Waals surface area contributed by atoms with Gasteiger partial charge < -0.3 is 0 Å². The number of hydrogen-bond acceptors (Lipinski definition) is 2. The molecule has 3 heteroatoms. The molecule has 0 fully saturated rings. The molecule has 1 heterocycles. The fraction of sp³-hybridized carbons (Fsp3) is 0.167. The molecule has 0 saturated heterocycles. The molecule has 0 atom stereocenters. The summed E-state index contributed by atoms with van der Waals surface area (Å²) in [4.78, 5) is 0. The van der Waals surface area contributed by atoms with Crippen molar-refractivity contribution < 1.29 is 0 Å². The van der Waals surface area contributed by atoms with Gasteiger partial charge >= 0.3 is 0 Å². The number of nitrogens with zero attached hydrogens (tertiary/aromatic N) is 2. The standard InChI is InChI=1S/C12H11ClN2/c1-2-9-5-3-4-6-10(9)11-7-8-12(13)15-14-11/h3-8H,2H2,1H3. The maximum Gasteiger partial charge on any atom is 0.151 e. The van der Waals surface area contributed by atoms with Crippen LogP contribution in [0.2, 0.25) is 5.15 Å². The Labute approximate surface area is 93.9 Å². The molecule has 0 aliphatic heterocycles. The Balaban J connectivity index is 2.49. The average Bonchev–Trinajstić information content (AvgIpc) is 2.30. The van der Waals surface area contributed by atoms with E-state index < -0.39 is 0 Å². The summed E-state index contributed by atoms with van der Waals surface area (Å²) in [7, 11) is 0. The maximum atomic E-state index is 5.70. The first-order valence-electron chi connectivity index (χ1n) is 4.88. The van der Waals surface area contributed by atoms with Crippen molar-refractivity contribution in [3.8, 4) is 11.3 Å². The van der Waals surface area contributed by atoms with Gasteiger partial charge in [-0.2, -0.15) is 0 Å². The van der Waals surface area contributed by atoms with Gasteiger partial charge in [0.05, 0.1) is 5.69 Å². The van der Waals surface area contributed by atoms with Crippen molar-refractivity contribution in [3.05, 3.63) is 47.1 Å². The van der Waals surface area contributed by atoms with Crippen LogP contribution in [-0.2, 0) is 6.42 Å². The van der Waals surface area contributed by atoms with Crippen molar-refractivity contribution in [1.82, 2.24) is 10.2 Å². The van der Waals surface area contributed by atoms with E-state index in [0.29, 0.717) is 5.15 Å². The van der Waals surface area contributed by atoms with Crippen LogP contribution < -0.4 is 0 Å². The molecule has 0 spiro atoms. The van der Waals surface area contributed by atoms with E-state index in [1.165, 1.54) is 5.56 Å². The Morgan fingerprint density at radius 2 is 1.87 bits per heavy atom. The number of benzene rings is 1. The van der Waals surface area contributed by atoms with Crippen molar-refractivity contribution in [2.45, 2.75) is 13.3 Å². The average molecular weight is 219 g/mol. The second kappa shape index (κ2) is 4.41. The van der Waals surface area contributed by atoms with Crippen LogP contribution in [0.3, 0.4) is 0 Å². The van der Waals surface area contributed by atoms with Gasteiger partial charge in [-0.1, -0.05) is 42.8 Å². The third-order valence-electron chi connectivity index (χ3n) is 2.31. The quantitative estimate of drug-likeness (QED) is 0.773. The zero-order valence-electron chi connectivity index (χ0n) is 8.44. The topological polar surface area (TPSA) is 25.8 Å². The number of aryl methyl sites for hydroxylation is 1. The second-order valence-corrected chi connectivity index (χ2v) is 3.64. The second-order valence-electron chi connectivity index (χ2n) is 3.25. The molecule has 0 amide bonds. The Morgan fingerprint density at radius 3 is 2.53 bits per heavy atom. The molecule has 15 heavy (non-hydrogen) atoms. The molecule has 0 aliphatic carbocycles. The van der Waals surface area contributed by atoms with Crippen molar-refractivity contribution in [2.75, 3.05) is 0 Å². The third kappa shape index (κ3) is 2.16. The van der Waals surface area contributed by atoms with E-state index >= 15 is 0 Å². The number of aromatic nitrogens is 2. The van der Waals surface area contributed by atoms with Gasteiger partial charge in [-0.25, -0.2) is 0 Å². The number of rotatable bonds is 2. The van der Waals surface area contributed by atoms with Crippen molar-refractivity contribution >= 4 is 11.6 Å². The molecule has 1 aromatic carbocycles. The molecule has 0 N–H and O–H groups in total. The fourth-order valence-electron chi connectivity index (χ4n) is 1.54. The van der Waals surface area contributed by atoms with Crippen molar-refractivity contribution in [2.24, 2.45) is 0 Å². The molecular weight excluding hydrogens is 208 g/mol. The molecular formula is C12H11ClN2. The summed E-state index contributed by atoms with van der Waals surface area (Å²) in [5, 5.41) is 8.35. The highest BCUT2D eigenvalue weighted by atomic mass is 35.5. The van der Waals surface area contributed by atoms with Crippen LogP contribution in [0.25, 0.3) is 11.3 Å². The molecule has 0 radical (unpaired) electrons. The lowest BCUT2D eigenvalue weighted by atomic mass is 10.0. The van der Waals surface area contributed by atoms with E-state index in [4.69, 9.17) is 11.6 Å². The molecule has 2 rings (SSSR count). The van der Waals surface area contributed by atoms with E-state index in [1.54, 1.807) is 6.07 Å². The molecule has 76 valence electrons. The summed E-state index contributed by atoms with van der Waals surface area (Å²) in [5.74, 6) is 0. The minimum absolute atomic E-state index is 0.424. The monoisotopic (exact) mass is 218 g/mol. The van der Waals surface area contributed by atoms with Gasteiger partial charge in [0.25, 0.3) is 0 Å². The first-order valence-corrected chi connectivity index (χ1v) is 5.26. The lowest BCUT2D eigenvalue weighted by Gasteiger charge is -2.05. The summed E-state index contributed by atoms with van der Waals surface area (Å²) in [6, 6.07) is 11.8. The predicted molar refractivity (Wildman–Crippen MR) is 61.9 cm³/mol. The normalized spacial score (nSPS) is 10.3. The summed E-state index contributed by atoms with van der Waals surface area (Å²) in [6.07, 6.45) is 0.987. The molecule has 1 aromatic heterocycles. The highest BCUT2D eigenvalue weighted by Crippen LogP contribution is 2.21. The van der Waals surface area contributed by atoms with Gasteiger partial charge in [0.2, 0.25) is 0 Å². The Kier molecular flexibility index (Phi) is 2.97. The molecule has 0 aliphatic rings. The Hall–Kier alpha value is -1.41. The van der Waals surface area contributed by atoms with Crippen molar-refractivity contribution in [3.63, 3.8) is 0 Å². The summed E-state index contributed by atoms with van der Waals surface area (Å²) < 4.78 is 0. The zero-order chi connectivity index (χ0) is 10.7. The molecule has 0 saturated carbocycles. The molecule has 0 unspecified atom stereocenters. The maximum absolute atomic E-state index is 5.70. The largest absolute Gasteiger partial charge is 0.151 e. The lowest BCUT2D eigenvalue weighted by molar-refractivity contribution is 1.03. The van der Waals surface area contributed by atoms with Crippen LogP contribution in [0.15, 0.2) is 36.4 Å². The molecule has 0 bridgehead atoms. The minimum Gasteiger partial charge on any atom is -0.149 e. The number of halogens is 1. The van der Waals surface area contributed by atoms with Gasteiger partial charge in [-0.05, 0) is 24.1 Å². The molecule has 2 nitrogen and oxygen atoms in total. The lowest BCUT2D eigenvalue weighted by Crippen LogP contribution is -1.91.